The molecule has 17 heavy (non-hydrogen) atoms. The van der Waals surface area contributed by atoms with Crippen molar-refractivity contribution in [3.8, 4) is 11.5 Å². The summed E-state index contributed by atoms with van der Waals surface area (Å²) in [5, 5.41) is 9.39. The Kier molecular flexibility index (Phi) is 3.13. The van der Waals surface area contributed by atoms with Crippen molar-refractivity contribution in [2.75, 3.05) is 13.3 Å². The number of ether oxygens (including phenoxy) is 2. The monoisotopic (exact) mass is 257 g/mol. The van der Waals surface area contributed by atoms with Crippen molar-refractivity contribution in [3.63, 3.8) is 0 Å². The SMILES string of the molecule is Cc1cc2c(c(Cl)c1C(CN)C(=O)O)OCO2. The van der Waals surface area contributed by atoms with Crippen LogP contribution in [0, 0.1) is 6.92 Å². The molecule has 1 aromatic carbocycles. The molecule has 0 aromatic heterocycles. The topological polar surface area (TPSA) is 81.8 Å². The Bertz CT molecular complexity index is 475. The van der Waals surface area contributed by atoms with Gasteiger partial charge in [0.25, 0.3) is 0 Å². The van der Waals surface area contributed by atoms with Crippen LogP contribution in [0.2, 0.25) is 5.02 Å². The highest BCUT2D eigenvalue weighted by Gasteiger charge is 2.29. The molecule has 92 valence electrons. The van der Waals surface area contributed by atoms with Crippen LogP contribution in [0.3, 0.4) is 0 Å². The van der Waals surface area contributed by atoms with E-state index in [0.29, 0.717) is 17.1 Å². The van der Waals surface area contributed by atoms with E-state index in [0.717, 1.165) is 5.56 Å². The molecule has 1 heterocycles. The largest absolute Gasteiger partial charge is 0.481 e. The first-order valence-electron chi connectivity index (χ1n) is 5.07. The van der Waals surface area contributed by atoms with Crippen LogP contribution >= 0.6 is 11.6 Å². The minimum absolute atomic E-state index is 0.0183. The fraction of sp³-hybridized carbons (Fsp3) is 0.364. The number of halogens is 1. The van der Waals surface area contributed by atoms with Gasteiger partial charge in [-0.05, 0) is 24.1 Å². The predicted octanol–water partition coefficient (Wildman–Crippen LogP) is 1.50. The highest BCUT2D eigenvalue weighted by molar-refractivity contribution is 6.33. The fourth-order valence-electron chi connectivity index (χ4n) is 1.91. The van der Waals surface area contributed by atoms with Gasteiger partial charge in [-0.25, -0.2) is 0 Å². The molecule has 6 heteroatoms. The van der Waals surface area contributed by atoms with Crippen LogP contribution < -0.4 is 15.2 Å². The summed E-state index contributed by atoms with van der Waals surface area (Å²) in [7, 11) is 0. The van der Waals surface area contributed by atoms with Gasteiger partial charge in [-0.2, -0.15) is 0 Å². The van der Waals surface area contributed by atoms with Crippen molar-refractivity contribution < 1.29 is 19.4 Å². The van der Waals surface area contributed by atoms with Gasteiger partial charge in [-0.1, -0.05) is 11.6 Å². The second-order valence-corrected chi connectivity index (χ2v) is 4.16. The van der Waals surface area contributed by atoms with E-state index in [-0.39, 0.29) is 18.4 Å². The van der Waals surface area contributed by atoms with E-state index in [1.807, 2.05) is 0 Å². The number of rotatable bonds is 3. The lowest BCUT2D eigenvalue weighted by Gasteiger charge is -2.16. The summed E-state index contributed by atoms with van der Waals surface area (Å²) in [6.45, 7) is 1.85. The third kappa shape index (κ3) is 1.92. The van der Waals surface area contributed by atoms with E-state index in [4.69, 9.17) is 31.9 Å². The number of hydrogen-bond acceptors (Lipinski definition) is 4. The van der Waals surface area contributed by atoms with Gasteiger partial charge in [0.2, 0.25) is 6.79 Å². The molecule has 2 rings (SSSR count). The van der Waals surface area contributed by atoms with E-state index in [1.54, 1.807) is 13.0 Å². The summed E-state index contributed by atoms with van der Waals surface area (Å²) >= 11 is 6.15. The molecule has 0 radical (unpaired) electrons. The van der Waals surface area contributed by atoms with Crippen molar-refractivity contribution in [1.82, 2.24) is 0 Å². The summed E-state index contributed by atoms with van der Waals surface area (Å²) in [6, 6.07) is 1.72. The normalized spacial score (nSPS) is 14.8. The van der Waals surface area contributed by atoms with Gasteiger partial charge in [-0.3, -0.25) is 4.79 Å². The van der Waals surface area contributed by atoms with Crippen LogP contribution in [0.25, 0.3) is 0 Å². The first-order chi connectivity index (χ1) is 8.06. The lowest BCUT2D eigenvalue weighted by atomic mass is 9.94. The second kappa shape index (κ2) is 4.43. The van der Waals surface area contributed by atoms with Gasteiger partial charge in [-0.15, -0.1) is 0 Å². The molecule has 0 bridgehead atoms. The molecule has 0 saturated carbocycles. The van der Waals surface area contributed by atoms with E-state index in [9.17, 15) is 4.79 Å². The Morgan fingerprint density at radius 2 is 2.35 bits per heavy atom. The minimum Gasteiger partial charge on any atom is -0.481 e. The third-order valence-electron chi connectivity index (χ3n) is 2.73. The van der Waals surface area contributed by atoms with E-state index < -0.39 is 11.9 Å². The molecule has 1 aliphatic heterocycles. The Hall–Kier alpha value is -1.46. The number of nitrogens with two attached hydrogens (primary N) is 1. The molecular formula is C11H12ClNO4. The molecule has 1 unspecified atom stereocenters. The van der Waals surface area contributed by atoms with Gasteiger partial charge >= 0.3 is 5.97 Å². The Morgan fingerprint density at radius 3 is 2.94 bits per heavy atom. The first-order valence-corrected chi connectivity index (χ1v) is 5.45. The number of fused-ring (bicyclic) bond motifs is 1. The Labute approximate surface area is 103 Å². The van der Waals surface area contributed by atoms with Crippen LogP contribution in [0.4, 0.5) is 0 Å². The van der Waals surface area contributed by atoms with Crippen LogP contribution in [0.5, 0.6) is 11.5 Å². The van der Waals surface area contributed by atoms with E-state index >= 15 is 0 Å². The molecule has 1 atom stereocenters. The Balaban J connectivity index is 2.58. The van der Waals surface area contributed by atoms with E-state index in [2.05, 4.69) is 0 Å². The number of aliphatic carboxylic acids is 1. The quantitative estimate of drug-likeness (QED) is 0.858. The first kappa shape index (κ1) is 12.0. The average molecular weight is 258 g/mol. The number of hydrogen-bond donors (Lipinski definition) is 2. The zero-order valence-corrected chi connectivity index (χ0v) is 9.95. The average Bonchev–Trinajstić information content (AvgIpc) is 2.71. The molecule has 0 amide bonds. The maximum Gasteiger partial charge on any atom is 0.312 e. The summed E-state index contributed by atoms with van der Waals surface area (Å²) < 4.78 is 10.4. The third-order valence-corrected chi connectivity index (χ3v) is 3.11. The van der Waals surface area contributed by atoms with Gasteiger partial charge in [0.05, 0.1) is 10.9 Å². The molecule has 5 nitrogen and oxygen atoms in total. The molecule has 1 aliphatic rings. The number of carbonyl (C=O) groups is 1. The molecule has 0 saturated heterocycles. The summed E-state index contributed by atoms with van der Waals surface area (Å²) in [5.41, 5.74) is 6.70. The zero-order valence-electron chi connectivity index (χ0n) is 9.20. The lowest BCUT2D eigenvalue weighted by Crippen LogP contribution is -2.22. The lowest BCUT2D eigenvalue weighted by molar-refractivity contribution is -0.138. The van der Waals surface area contributed by atoms with Gasteiger partial charge in [0.15, 0.2) is 11.5 Å². The van der Waals surface area contributed by atoms with Gasteiger partial charge in [0.1, 0.15) is 0 Å². The van der Waals surface area contributed by atoms with Crippen LogP contribution in [0.15, 0.2) is 6.07 Å². The fourth-order valence-corrected chi connectivity index (χ4v) is 2.34. The molecule has 3 N–H and O–H groups in total. The molecule has 0 aliphatic carbocycles. The molecule has 0 spiro atoms. The molecule has 0 fully saturated rings. The van der Waals surface area contributed by atoms with Gasteiger partial charge < -0.3 is 20.3 Å². The number of carboxylic acid groups (broad SMARTS) is 1. The second-order valence-electron chi connectivity index (χ2n) is 3.78. The van der Waals surface area contributed by atoms with Crippen molar-refractivity contribution in [3.05, 3.63) is 22.2 Å². The molecule has 1 aromatic rings. The maximum atomic E-state index is 11.1. The van der Waals surface area contributed by atoms with Crippen molar-refractivity contribution in [2.24, 2.45) is 5.73 Å². The summed E-state index contributed by atoms with van der Waals surface area (Å²) in [6.07, 6.45) is 0. The summed E-state index contributed by atoms with van der Waals surface area (Å²) in [5.74, 6) is -0.905. The summed E-state index contributed by atoms with van der Waals surface area (Å²) in [4.78, 5) is 11.1. The minimum atomic E-state index is -1.00. The number of benzene rings is 1. The smallest absolute Gasteiger partial charge is 0.312 e. The Morgan fingerprint density at radius 1 is 1.65 bits per heavy atom. The molecular weight excluding hydrogens is 246 g/mol. The number of carboxylic acids is 1. The van der Waals surface area contributed by atoms with Crippen molar-refractivity contribution in [2.45, 2.75) is 12.8 Å². The number of aryl methyl sites for hydroxylation is 1. The standard InChI is InChI=1S/C11H12ClNO4/c1-5-2-7-10(17-4-16-7)9(12)8(5)6(3-13)11(14)15/h2,6H,3-4,13H2,1H3,(H,14,15). The predicted molar refractivity (Wildman–Crippen MR) is 61.7 cm³/mol. The highest BCUT2D eigenvalue weighted by atomic mass is 35.5. The van der Waals surface area contributed by atoms with Crippen molar-refractivity contribution >= 4 is 17.6 Å². The van der Waals surface area contributed by atoms with E-state index in [1.165, 1.54) is 0 Å². The maximum absolute atomic E-state index is 11.1. The zero-order chi connectivity index (χ0) is 12.6. The van der Waals surface area contributed by atoms with Gasteiger partial charge in [0, 0.05) is 6.54 Å². The van der Waals surface area contributed by atoms with Crippen molar-refractivity contribution in [1.29, 1.82) is 0 Å². The van der Waals surface area contributed by atoms with Crippen LogP contribution in [-0.2, 0) is 4.79 Å². The highest BCUT2D eigenvalue weighted by Crippen LogP contribution is 2.44. The van der Waals surface area contributed by atoms with Crippen LogP contribution in [0.1, 0.15) is 17.0 Å². The van der Waals surface area contributed by atoms with Crippen LogP contribution in [-0.4, -0.2) is 24.4 Å².